The minimum Gasteiger partial charge on any atom is -0.493 e. The number of hydrogen-bond acceptors (Lipinski definition) is 5. The number of nitrogens with zero attached hydrogens (tertiary/aromatic N) is 1. The predicted molar refractivity (Wildman–Crippen MR) is 111 cm³/mol. The summed E-state index contributed by atoms with van der Waals surface area (Å²) in [5, 5.41) is 5.89. The highest BCUT2D eigenvalue weighted by molar-refractivity contribution is 6.06. The normalized spacial score (nSPS) is 17.2. The molecule has 0 aliphatic carbocycles. The number of ether oxygens (including phenoxy) is 2. The van der Waals surface area contributed by atoms with Crippen LogP contribution in [0, 0.1) is 0 Å². The van der Waals surface area contributed by atoms with E-state index in [2.05, 4.69) is 15.5 Å². The second-order valence-electron chi connectivity index (χ2n) is 7.27. The van der Waals surface area contributed by atoms with Gasteiger partial charge in [-0.15, -0.1) is 0 Å². The Bertz CT molecular complexity index is 944. The summed E-state index contributed by atoms with van der Waals surface area (Å²) in [6.07, 6.45) is 2.56. The molecule has 29 heavy (non-hydrogen) atoms. The third kappa shape index (κ3) is 3.72. The molecular formula is C22H25N3O4. The average molecular weight is 395 g/mol. The average Bonchev–Trinajstić information content (AvgIpc) is 3.24. The molecule has 1 fully saturated rings. The SMILES string of the molecule is COc1ccc(CCNC(=O)c2ccc3c(c2)NC(=O)[C@@H]2CCCN32)cc1OC. The first-order valence-corrected chi connectivity index (χ1v) is 9.81. The number of benzene rings is 2. The molecule has 1 atom stereocenters. The summed E-state index contributed by atoms with van der Waals surface area (Å²) in [7, 11) is 3.20. The maximum Gasteiger partial charge on any atom is 0.251 e. The van der Waals surface area contributed by atoms with Gasteiger partial charge in [0.05, 0.1) is 25.6 Å². The molecule has 1 saturated heterocycles. The third-order valence-corrected chi connectivity index (χ3v) is 5.53. The van der Waals surface area contributed by atoms with Gasteiger partial charge < -0.3 is 25.0 Å². The summed E-state index contributed by atoms with van der Waals surface area (Å²) in [5.41, 5.74) is 3.28. The smallest absolute Gasteiger partial charge is 0.251 e. The van der Waals surface area contributed by atoms with Crippen LogP contribution in [0.1, 0.15) is 28.8 Å². The molecule has 2 N–H and O–H groups in total. The molecule has 0 aromatic heterocycles. The second kappa shape index (κ2) is 8.03. The Hall–Kier alpha value is -3.22. The van der Waals surface area contributed by atoms with Crippen LogP contribution in [0.5, 0.6) is 11.5 Å². The standard InChI is InChI=1S/C22H25N3O4/c1-28-19-8-5-14(12-20(19)29-2)9-10-23-21(26)15-6-7-17-16(13-15)24-22(27)18-4-3-11-25(17)18/h5-8,12-13,18H,3-4,9-11H2,1-2H3,(H,23,26)(H,24,27)/t18-/m0/s1. The molecule has 152 valence electrons. The summed E-state index contributed by atoms with van der Waals surface area (Å²) in [4.78, 5) is 27.0. The Kier molecular flexibility index (Phi) is 5.29. The van der Waals surface area contributed by atoms with E-state index in [1.807, 2.05) is 30.3 Å². The number of methoxy groups -OCH3 is 2. The van der Waals surface area contributed by atoms with Gasteiger partial charge in [-0.05, 0) is 55.2 Å². The fourth-order valence-electron chi connectivity index (χ4n) is 4.03. The number of fused-ring (bicyclic) bond motifs is 3. The number of anilines is 2. The number of amides is 2. The molecule has 0 radical (unpaired) electrons. The summed E-state index contributed by atoms with van der Waals surface area (Å²) >= 11 is 0. The van der Waals surface area contributed by atoms with E-state index in [1.54, 1.807) is 20.3 Å². The molecular weight excluding hydrogens is 370 g/mol. The van der Waals surface area contributed by atoms with Crippen LogP contribution in [-0.2, 0) is 11.2 Å². The van der Waals surface area contributed by atoms with Crippen molar-refractivity contribution >= 4 is 23.2 Å². The van der Waals surface area contributed by atoms with E-state index in [-0.39, 0.29) is 17.9 Å². The van der Waals surface area contributed by atoms with Crippen LogP contribution in [0.15, 0.2) is 36.4 Å². The van der Waals surface area contributed by atoms with Crippen molar-refractivity contribution in [2.45, 2.75) is 25.3 Å². The van der Waals surface area contributed by atoms with Gasteiger partial charge >= 0.3 is 0 Å². The van der Waals surface area contributed by atoms with E-state index in [4.69, 9.17) is 9.47 Å². The van der Waals surface area contributed by atoms with E-state index in [1.165, 1.54) is 0 Å². The van der Waals surface area contributed by atoms with Gasteiger partial charge in [-0.25, -0.2) is 0 Å². The molecule has 7 heteroatoms. The maximum absolute atomic E-state index is 12.6. The molecule has 7 nitrogen and oxygen atoms in total. The minimum atomic E-state index is -0.161. The fraction of sp³-hybridized carbons (Fsp3) is 0.364. The van der Waals surface area contributed by atoms with E-state index in [0.29, 0.717) is 35.7 Å². The van der Waals surface area contributed by atoms with Crippen molar-refractivity contribution in [3.8, 4) is 11.5 Å². The lowest BCUT2D eigenvalue weighted by atomic mass is 10.1. The highest BCUT2D eigenvalue weighted by Crippen LogP contribution is 2.37. The fourth-order valence-corrected chi connectivity index (χ4v) is 4.03. The molecule has 4 rings (SSSR count). The number of hydrogen-bond donors (Lipinski definition) is 2. The Morgan fingerprint density at radius 2 is 2.00 bits per heavy atom. The van der Waals surface area contributed by atoms with Crippen LogP contribution in [-0.4, -0.2) is 45.2 Å². The Morgan fingerprint density at radius 1 is 1.17 bits per heavy atom. The van der Waals surface area contributed by atoms with Gasteiger partial charge in [-0.1, -0.05) is 6.07 Å². The monoisotopic (exact) mass is 395 g/mol. The highest BCUT2D eigenvalue weighted by atomic mass is 16.5. The molecule has 0 saturated carbocycles. The van der Waals surface area contributed by atoms with Gasteiger partial charge in [0, 0.05) is 18.7 Å². The molecule has 0 unspecified atom stereocenters. The zero-order valence-electron chi connectivity index (χ0n) is 16.7. The third-order valence-electron chi connectivity index (χ3n) is 5.53. The number of nitrogens with one attached hydrogen (secondary N) is 2. The van der Waals surface area contributed by atoms with Crippen LogP contribution in [0.3, 0.4) is 0 Å². The van der Waals surface area contributed by atoms with Gasteiger partial charge in [0.1, 0.15) is 6.04 Å². The lowest BCUT2D eigenvalue weighted by Crippen LogP contribution is -2.44. The van der Waals surface area contributed by atoms with E-state index < -0.39 is 0 Å². The first-order valence-electron chi connectivity index (χ1n) is 9.81. The molecule has 0 spiro atoms. The van der Waals surface area contributed by atoms with Crippen molar-refractivity contribution in [1.29, 1.82) is 0 Å². The van der Waals surface area contributed by atoms with Gasteiger partial charge in [-0.3, -0.25) is 9.59 Å². The van der Waals surface area contributed by atoms with E-state index >= 15 is 0 Å². The van der Waals surface area contributed by atoms with Crippen molar-refractivity contribution < 1.29 is 19.1 Å². The molecule has 2 aliphatic heterocycles. The molecule has 2 aliphatic rings. The van der Waals surface area contributed by atoms with Crippen molar-refractivity contribution in [3.63, 3.8) is 0 Å². The quantitative estimate of drug-likeness (QED) is 0.786. The van der Waals surface area contributed by atoms with Crippen LogP contribution in [0.4, 0.5) is 11.4 Å². The first kappa shape index (κ1) is 19.1. The predicted octanol–water partition coefficient (Wildman–Crippen LogP) is 2.60. The van der Waals surface area contributed by atoms with E-state index in [0.717, 1.165) is 30.6 Å². The number of carbonyl (C=O) groups excluding carboxylic acids is 2. The first-order chi connectivity index (χ1) is 14.1. The van der Waals surface area contributed by atoms with Crippen molar-refractivity contribution in [2.24, 2.45) is 0 Å². The van der Waals surface area contributed by atoms with Crippen molar-refractivity contribution in [2.75, 3.05) is 37.5 Å². The summed E-state index contributed by atoms with van der Waals surface area (Å²) in [5.74, 6) is 1.20. The Balaban J connectivity index is 1.39. The highest BCUT2D eigenvalue weighted by Gasteiger charge is 2.36. The van der Waals surface area contributed by atoms with Crippen LogP contribution in [0.2, 0.25) is 0 Å². The lowest BCUT2D eigenvalue weighted by molar-refractivity contribution is -0.117. The van der Waals surface area contributed by atoms with Gasteiger partial charge in [-0.2, -0.15) is 0 Å². The minimum absolute atomic E-state index is 0.0148. The molecule has 2 heterocycles. The number of rotatable bonds is 6. The topological polar surface area (TPSA) is 79.9 Å². The summed E-state index contributed by atoms with van der Waals surface area (Å²) in [6, 6.07) is 11.1. The van der Waals surface area contributed by atoms with Crippen LogP contribution in [0.25, 0.3) is 0 Å². The number of carbonyl (C=O) groups is 2. The molecule has 2 amide bonds. The maximum atomic E-state index is 12.6. The van der Waals surface area contributed by atoms with Gasteiger partial charge in [0.2, 0.25) is 5.91 Å². The zero-order chi connectivity index (χ0) is 20.4. The molecule has 0 bridgehead atoms. The van der Waals surface area contributed by atoms with Gasteiger partial charge in [0.25, 0.3) is 5.91 Å². The zero-order valence-corrected chi connectivity index (χ0v) is 16.7. The van der Waals surface area contributed by atoms with Gasteiger partial charge in [0.15, 0.2) is 11.5 Å². The lowest BCUT2D eigenvalue weighted by Gasteiger charge is -2.33. The van der Waals surface area contributed by atoms with Crippen molar-refractivity contribution in [1.82, 2.24) is 5.32 Å². The van der Waals surface area contributed by atoms with Crippen molar-refractivity contribution in [3.05, 3.63) is 47.5 Å². The molecule has 2 aromatic carbocycles. The van der Waals surface area contributed by atoms with Crippen LogP contribution < -0.4 is 25.0 Å². The summed E-state index contributed by atoms with van der Waals surface area (Å²) in [6.45, 7) is 1.37. The van der Waals surface area contributed by atoms with E-state index in [9.17, 15) is 9.59 Å². The molecule has 2 aromatic rings. The Morgan fingerprint density at radius 3 is 2.79 bits per heavy atom. The summed E-state index contributed by atoms with van der Waals surface area (Å²) < 4.78 is 10.6. The van der Waals surface area contributed by atoms with Crippen LogP contribution >= 0.6 is 0 Å². The Labute approximate surface area is 170 Å². The largest absolute Gasteiger partial charge is 0.493 e. The second-order valence-corrected chi connectivity index (χ2v) is 7.27.